The van der Waals surface area contributed by atoms with Gasteiger partial charge < -0.3 is 15.3 Å². The molecular weight excluding hydrogens is 216 g/mol. The second-order valence-corrected chi connectivity index (χ2v) is 4.53. The molecule has 0 saturated carbocycles. The van der Waals surface area contributed by atoms with Gasteiger partial charge >= 0.3 is 0 Å². The Morgan fingerprint density at radius 3 is 2.35 bits per heavy atom. The lowest BCUT2D eigenvalue weighted by Gasteiger charge is -2.17. The fourth-order valence-corrected chi connectivity index (χ4v) is 1.98. The molecule has 0 aliphatic carbocycles. The SMILES string of the molecule is CCCC(O)C(O)CCc1c(C)cccc1O. The molecule has 96 valence electrons. The summed E-state index contributed by atoms with van der Waals surface area (Å²) in [5.74, 6) is 0.266. The minimum atomic E-state index is -0.714. The quantitative estimate of drug-likeness (QED) is 0.711. The van der Waals surface area contributed by atoms with Crippen molar-refractivity contribution in [3.63, 3.8) is 0 Å². The average molecular weight is 238 g/mol. The number of aliphatic hydroxyl groups excluding tert-OH is 2. The summed E-state index contributed by atoms with van der Waals surface area (Å²) in [5.41, 5.74) is 1.87. The van der Waals surface area contributed by atoms with Crippen LogP contribution >= 0.6 is 0 Å². The van der Waals surface area contributed by atoms with E-state index < -0.39 is 12.2 Å². The highest BCUT2D eigenvalue weighted by atomic mass is 16.3. The number of aromatic hydroxyl groups is 1. The normalized spacial score (nSPS) is 14.6. The first-order valence-corrected chi connectivity index (χ1v) is 6.19. The van der Waals surface area contributed by atoms with E-state index in [0.29, 0.717) is 19.3 Å². The summed E-state index contributed by atoms with van der Waals surface area (Å²) in [4.78, 5) is 0. The van der Waals surface area contributed by atoms with Gasteiger partial charge in [0.2, 0.25) is 0 Å². The Bertz CT molecular complexity index is 329. The average Bonchev–Trinajstić information content (AvgIpc) is 2.28. The van der Waals surface area contributed by atoms with Gasteiger partial charge in [0.1, 0.15) is 5.75 Å². The highest BCUT2D eigenvalue weighted by molar-refractivity contribution is 5.38. The van der Waals surface area contributed by atoms with E-state index in [1.807, 2.05) is 19.9 Å². The molecule has 3 nitrogen and oxygen atoms in total. The molecular formula is C14H22O3. The lowest BCUT2D eigenvalue weighted by molar-refractivity contribution is 0.00972. The van der Waals surface area contributed by atoms with E-state index >= 15 is 0 Å². The van der Waals surface area contributed by atoms with Gasteiger partial charge in [0.25, 0.3) is 0 Å². The number of phenolic OH excluding ortho intramolecular Hbond substituents is 1. The van der Waals surface area contributed by atoms with Crippen molar-refractivity contribution in [2.45, 2.75) is 51.7 Å². The van der Waals surface area contributed by atoms with Crippen LogP contribution in [-0.4, -0.2) is 27.5 Å². The Labute approximate surface area is 103 Å². The molecule has 0 spiro atoms. The van der Waals surface area contributed by atoms with Gasteiger partial charge in [0.15, 0.2) is 0 Å². The third-order valence-electron chi connectivity index (χ3n) is 3.10. The van der Waals surface area contributed by atoms with Gasteiger partial charge in [-0.15, -0.1) is 0 Å². The topological polar surface area (TPSA) is 60.7 Å². The second-order valence-electron chi connectivity index (χ2n) is 4.53. The van der Waals surface area contributed by atoms with Crippen molar-refractivity contribution < 1.29 is 15.3 Å². The maximum atomic E-state index is 9.76. The van der Waals surface area contributed by atoms with Gasteiger partial charge in [0.05, 0.1) is 12.2 Å². The molecule has 1 aromatic carbocycles. The lowest BCUT2D eigenvalue weighted by Crippen LogP contribution is -2.26. The molecule has 0 radical (unpaired) electrons. The summed E-state index contributed by atoms with van der Waals surface area (Å²) in [6, 6.07) is 5.39. The number of rotatable bonds is 6. The van der Waals surface area contributed by atoms with Crippen LogP contribution in [0, 0.1) is 6.92 Å². The fraction of sp³-hybridized carbons (Fsp3) is 0.571. The van der Waals surface area contributed by atoms with Crippen molar-refractivity contribution in [1.29, 1.82) is 0 Å². The minimum Gasteiger partial charge on any atom is -0.508 e. The molecule has 17 heavy (non-hydrogen) atoms. The predicted octanol–water partition coefficient (Wildman–Crippen LogP) is 2.16. The van der Waals surface area contributed by atoms with E-state index in [1.165, 1.54) is 0 Å². The van der Waals surface area contributed by atoms with Crippen LogP contribution in [0.5, 0.6) is 5.75 Å². The van der Waals surface area contributed by atoms with Crippen molar-refractivity contribution in [3.8, 4) is 5.75 Å². The Hall–Kier alpha value is -1.06. The molecule has 2 unspecified atom stereocenters. The second kappa shape index (κ2) is 6.62. The zero-order chi connectivity index (χ0) is 12.8. The summed E-state index contributed by atoms with van der Waals surface area (Å²) < 4.78 is 0. The predicted molar refractivity (Wildman–Crippen MR) is 68.1 cm³/mol. The van der Waals surface area contributed by atoms with Crippen molar-refractivity contribution in [3.05, 3.63) is 29.3 Å². The molecule has 0 fully saturated rings. The van der Waals surface area contributed by atoms with Gasteiger partial charge in [-0.3, -0.25) is 0 Å². The van der Waals surface area contributed by atoms with E-state index in [4.69, 9.17) is 0 Å². The molecule has 0 bridgehead atoms. The summed E-state index contributed by atoms with van der Waals surface area (Å²) >= 11 is 0. The third kappa shape index (κ3) is 4.02. The Morgan fingerprint density at radius 2 is 1.76 bits per heavy atom. The van der Waals surface area contributed by atoms with E-state index in [0.717, 1.165) is 17.5 Å². The molecule has 0 aliphatic rings. The fourth-order valence-electron chi connectivity index (χ4n) is 1.98. The first-order chi connectivity index (χ1) is 8.06. The highest BCUT2D eigenvalue weighted by Gasteiger charge is 2.16. The van der Waals surface area contributed by atoms with E-state index in [1.54, 1.807) is 12.1 Å². The summed E-state index contributed by atoms with van der Waals surface area (Å²) in [6.45, 7) is 3.91. The Morgan fingerprint density at radius 1 is 1.12 bits per heavy atom. The Kier molecular flexibility index (Phi) is 5.45. The number of hydrogen-bond acceptors (Lipinski definition) is 3. The summed E-state index contributed by atoms with van der Waals surface area (Å²) in [7, 11) is 0. The van der Waals surface area contributed by atoms with Gasteiger partial charge in [0, 0.05) is 0 Å². The van der Waals surface area contributed by atoms with E-state index in [-0.39, 0.29) is 5.75 Å². The summed E-state index contributed by atoms with van der Waals surface area (Å²) in [5, 5.41) is 29.1. The first-order valence-electron chi connectivity index (χ1n) is 6.19. The minimum absolute atomic E-state index is 0.266. The molecule has 0 heterocycles. The number of phenols is 1. The zero-order valence-corrected chi connectivity index (χ0v) is 10.6. The maximum absolute atomic E-state index is 9.76. The molecule has 0 aliphatic heterocycles. The first kappa shape index (κ1) is 14.0. The van der Waals surface area contributed by atoms with Crippen molar-refractivity contribution in [2.24, 2.45) is 0 Å². The van der Waals surface area contributed by atoms with Crippen LogP contribution in [0.25, 0.3) is 0 Å². The van der Waals surface area contributed by atoms with Crippen LogP contribution in [0.4, 0.5) is 0 Å². The van der Waals surface area contributed by atoms with Gasteiger partial charge in [-0.25, -0.2) is 0 Å². The zero-order valence-electron chi connectivity index (χ0n) is 10.6. The van der Waals surface area contributed by atoms with E-state index in [2.05, 4.69) is 0 Å². The van der Waals surface area contributed by atoms with Crippen LogP contribution in [0.3, 0.4) is 0 Å². The number of aliphatic hydroxyl groups is 2. The smallest absolute Gasteiger partial charge is 0.119 e. The number of aryl methyl sites for hydroxylation is 1. The molecule has 0 saturated heterocycles. The van der Waals surface area contributed by atoms with Crippen LogP contribution in [0.15, 0.2) is 18.2 Å². The van der Waals surface area contributed by atoms with Crippen molar-refractivity contribution in [2.75, 3.05) is 0 Å². The lowest BCUT2D eigenvalue weighted by atomic mass is 9.98. The highest BCUT2D eigenvalue weighted by Crippen LogP contribution is 2.23. The standard InChI is InChI=1S/C14H22O3/c1-3-5-13(16)14(17)9-8-11-10(2)6-4-7-12(11)15/h4,6-7,13-17H,3,5,8-9H2,1-2H3. The molecule has 0 aromatic heterocycles. The number of benzene rings is 1. The van der Waals surface area contributed by atoms with E-state index in [9.17, 15) is 15.3 Å². The molecule has 1 aromatic rings. The Balaban J connectivity index is 2.55. The maximum Gasteiger partial charge on any atom is 0.119 e. The van der Waals surface area contributed by atoms with Crippen molar-refractivity contribution in [1.82, 2.24) is 0 Å². The van der Waals surface area contributed by atoms with Crippen LogP contribution < -0.4 is 0 Å². The number of hydrogen-bond donors (Lipinski definition) is 3. The third-order valence-corrected chi connectivity index (χ3v) is 3.10. The monoisotopic (exact) mass is 238 g/mol. The van der Waals surface area contributed by atoms with Gasteiger partial charge in [-0.1, -0.05) is 25.5 Å². The van der Waals surface area contributed by atoms with Gasteiger partial charge in [-0.2, -0.15) is 0 Å². The summed E-state index contributed by atoms with van der Waals surface area (Å²) in [6.07, 6.45) is 1.15. The largest absolute Gasteiger partial charge is 0.508 e. The van der Waals surface area contributed by atoms with Gasteiger partial charge in [-0.05, 0) is 43.4 Å². The van der Waals surface area contributed by atoms with Crippen LogP contribution in [0.1, 0.15) is 37.3 Å². The molecule has 2 atom stereocenters. The molecule has 3 N–H and O–H groups in total. The molecule has 0 amide bonds. The van der Waals surface area contributed by atoms with Crippen molar-refractivity contribution >= 4 is 0 Å². The molecule has 1 rings (SSSR count). The van der Waals surface area contributed by atoms with Crippen LogP contribution in [0.2, 0.25) is 0 Å². The molecule has 3 heteroatoms. The van der Waals surface area contributed by atoms with Crippen LogP contribution in [-0.2, 0) is 6.42 Å².